The first-order valence-corrected chi connectivity index (χ1v) is 12.1. The van der Waals surface area contributed by atoms with Gasteiger partial charge in [-0.25, -0.2) is 4.40 Å². The lowest BCUT2D eigenvalue weighted by molar-refractivity contribution is 0.218. The van der Waals surface area contributed by atoms with E-state index in [9.17, 15) is 4.79 Å². The molecule has 0 radical (unpaired) electrons. The molecule has 0 bridgehead atoms. The Labute approximate surface area is 174 Å². The summed E-state index contributed by atoms with van der Waals surface area (Å²) in [5.41, 5.74) is 1.65. The minimum atomic E-state index is 0.0733. The largest absolute Gasteiger partial charge is 0.279 e. The molecule has 0 amide bonds. The monoisotopic (exact) mass is 418 g/mol. The molecular formula is C21H30N4OS2. The van der Waals surface area contributed by atoms with Crippen LogP contribution in [-0.2, 0) is 19.9 Å². The maximum atomic E-state index is 13.1. The number of hydrogen-bond donors (Lipinski definition) is 0. The highest BCUT2D eigenvalue weighted by atomic mass is 32.2. The fourth-order valence-electron chi connectivity index (χ4n) is 4.21. The third-order valence-electron chi connectivity index (χ3n) is 6.09. The van der Waals surface area contributed by atoms with Gasteiger partial charge in [-0.2, -0.15) is 0 Å². The van der Waals surface area contributed by atoms with Crippen LogP contribution in [0.15, 0.2) is 9.95 Å². The molecule has 1 aliphatic carbocycles. The molecule has 0 N–H and O–H groups in total. The van der Waals surface area contributed by atoms with Crippen LogP contribution in [0.3, 0.4) is 0 Å². The van der Waals surface area contributed by atoms with Gasteiger partial charge in [-0.05, 0) is 42.6 Å². The van der Waals surface area contributed by atoms with Crippen molar-refractivity contribution in [3.8, 4) is 0 Å². The topological polar surface area (TPSA) is 52.2 Å². The summed E-state index contributed by atoms with van der Waals surface area (Å²) >= 11 is 3.55. The fourth-order valence-corrected chi connectivity index (χ4v) is 6.62. The number of hydrogen-bond acceptors (Lipinski definition) is 5. The molecule has 7 heteroatoms. The van der Waals surface area contributed by atoms with Crippen LogP contribution in [0, 0.1) is 11.3 Å². The fraction of sp³-hybridized carbons (Fsp3) is 0.667. The van der Waals surface area contributed by atoms with Crippen molar-refractivity contribution in [3.05, 3.63) is 20.8 Å². The van der Waals surface area contributed by atoms with Crippen molar-refractivity contribution in [2.45, 2.75) is 71.4 Å². The SMILES string of the molecule is CCCCCSc1nnc2n(C)c(=O)c3c4c(sc3n12)C[C@@H](C(C)(C)C)CC4. The lowest BCUT2D eigenvalue weighted by Gasteiger charge is -2.33. The molecule has 3 aromatic heterocycles. The van der Waals surface area contributed by atoms with Crippen LogP contribution in [0.2, 0.25) is 0 Å². The summed E-state index contributed by atoms with van der Waals surface area (Å²) < 4.78 is 3.80. The molecule has 28 heavy (non-hydrogen) atoms. The molecule has 1 aliphatic rings. The van der Waals surface area contributed by atoms with Gasteiger partial charge in [0.2, 0.25) is 5.78 Å². The standard InChI is InChI=1S/C21H30N4OS2/c1-6-7-8-11-27-20-23-22-19-24(5)17(26)16-14-10-9-13(21(2,3)4)12-15(14)28-18(16)25(19)20/h13H,6-12H2,1-5H3/t13-/m0/s1. The average Bonchev–Trinajstić information content (AvgIpc) is 3.23. The summed E-state index contributed by atoms with van der Waals surface area (Å²) in [4.78, 5) is 15.6. The third-order valence-corrected chi connectivity index (χ3v) is 8.34. The van der Waals surface area contributed by atoms with E-state index in [0.717, 1.165) is 40.4 Å². The summed E-state index contributed by atoms with van der Waals surface area (Å²) in [5.74, 6) is 2.36. The maximum Gasteiger partial charge on any atom is 0.263 e. The molecular weight excluding hydrogens is 388 g/mol. The van der Waals surface area contributed by atoms with Gasteiger partial charge in [-0.15, -0.1) is 21.5 Å². The molecule has 3 aromatic rings. The van der Waals surface area contributed by atoms with Gasteiger partial charge in [0.05, 0.1) is 5.39 Å². The minimum Gasteiger partial charge on any atom is -0.279 e. The molecule has 5 nitrogen and oxygen atoms in total. The zero-order valence-corrected chi connectivity index (χ0v) is 19.2. The molecule has 0 aliphatic heterocycles. The highest BCUT2D eigenvalue weighted by molar-refractivity contribution is 7.99. The van der Waals surface area contributed by atoms with Gasteiger partial charge in [0.1, 0.15) is 4.83 Å². The van der Waals surface area contributed by atoms with Gasteiger partial charge >= 0.3 is 0 Å². The Bertz CT molecular complexity index is 1070. The third kappa shape index (κ3) is 3.30. The normalized spacial score (nSPS) is 17.5. The van der Waals surface area contributed by atoms with Crippen molar-refractivity contribution in [2.24, 2.45) is 18.4 Å². The van der Waals surface area contributed by atoms with Crippen molar-refractivity contribution in [2.75, 3.05) is 5.75 Å². The van der Waals surface area contributed by atoms with E-state index in [4.69, 9.17) is 0 Å². The Morgan fingerprint density at radius 2 is 2.04 bits per heavy atom. The van der Waals surface area contributed by atoms with Crippen LogP contribution in [0.5, 0.6) is 0 Å². The highest BCUT2D eigenvalue weighted by Crippen LogP contribution is 2.43. The predicted molar refractivity (Wildman–Crippen MR) is 119 cm³/mol. The number of rotatable bonds is 5. The Balaban J connectivity index is 1.84. The number of aromatic nitrogens is 4. The Kier molecular flexibility index (Phi) is 5.33. The molecule has 4 rings (SSSR count). The van der Waals surface area contributed by atoms with E-state index in [1.54, 1.807) is 27.7 Å². The van der Waals surface area contributed by atoms with Gasteiger partial charge in [0, 0.05) is 17.7 Å². The number of aryl methyl sites for hydroxylation is 2. The van der Waals surface area contributed by atoms with Gasteiger partial charge in [0.15, 0.2) is 5.16 Å². The molecule has 0 saturated carbocycles. The number of thiophene rings is 1. The average molecular weight is 419 g/mol. The van der Waals surface area contributed by atoms with Crippen LogP contribution in [0.4, 0.5) is 0 Å². The summed E-state index contributed by atoms with van der Waals surface area (Å²) in [6.07, 6.45) is 6.86. The zero-order chi connectivity index (χ0) is 20.1. The second-order valence-corrected chi connectivity index (χ2v) is 11.2. The van der Waals surface area contributed by atoms with E-state index in [0.29, 0.717) is 17.1 Å². The summed E-state index contributed by atoms with van der Waals surface area (Å²) in [5, 5.41) is 10.6. The first kappa shape index (κ1) is 20.0. The highest BCUT2D eigenvalue weighted by Gasteiger charge is 2.32. The predicted octanol–water partition coefficient (Wildman–Crippen LogP) is 5.08. The van der Waals surface area contributed by atoms with Crippen molar-refractivity contribution < 1.29 is 0 Å². The van der Waals surface area contributed by atoms with Crippen LogP contribution in [0.1, 0.15) is 63.8 Å². The molecule has 0 unspecified atom stereocenters. The van der Waals surface area contributed by atoms with Gasteiger partial charge < -0.3 is 0 Å². The minimum absolute atomic E-state index is 0.0733. The summed E-state index contributed by atoms with van der Waals surface area (Å²) in [7, 11) is 1.82. The van der Waals surface area contributed by atoms with Crippen LogP contribution in [0.25, 0.3) is 16.0 Å². The lowest BCUT2D eigenvalue weighted by Crippen LogP contribution is -2.27. The van der Waals surface area contributed by atoms with Crippen LogP contribution < -0.4 is 5.56 Å². The van der Waals surface area contributed by atoms with Crippen LogP contribution >= 0.6 is 23.1 Å². The molecule has 0 spiro atoms. The Hall–Kier alpha value is -1.34. The molecule has 1 atom stereocenters. The van der Waals surface area contributed by atoms with Gasteiger partial charge in [0.25, 0.3) is 5.56 Å². The molecule has 152 valence electrons. The molecule has 3 heterocycles. The summed E-state index contributed by atoms with van der Waals surface area (Å²) in [6.45, 7) is 9.21. The number of thioether (sulfide) groups is 1. The number of unbranched alkanes of at least 4 members (excludes halogenated alkanes) is 2. The van der Waals surface area contributed by atoms with Crippen LogP contribution in [-0.4, -0.2) is 24.9 Å². The maximum absolute atomic E-state index is 13.1. The summed E-state index contributed by atoms with van der Waals surface area (Å²) in [6, 6.07) is 0. The van der Waals surface area contributed by atoms with Crippen molar-refractivity contribution in [3.63, 3.8) is 0 Å². The van der Waals surface area contributed by atoms with E-state index in [-0.39, 0.29) is 5.56 Å². The van der Waals surface area contributed by atoms with Crippen molar-refractivity contribution in [1.29, 1.82) is 0 Å². The van der Waals surface area contributed by atoms with Gasteiger partial charge in [-0.1, -0.05) is 52.3 Å². The second kappa shape index (κ2) is 7.48. The Morgan fingerprint density at radius 3 is 2.75 bits per heavy atom. The first-order valence-electron chi connectivity index (χ1n) is 10.3. The quantitative estimate of drug-likeness (QED) is 0.428. The van der Waals surface area contributed by atoms with Crippen molar-refractivity contribution >= 4 is 39.1 Å². The van der Waals surface area contributed by atoms with E-state index in [1.165, 1.54) is 29.7 Å². The number of fused-ring (bicyclic) bond motifs is 5. The molecule has 0 aromatic carbocycles. The molecule has 0 saturated heterocycles. The second-order valence-electron chi connectivity index (χ2n) is 9.03. The van der Waals surface area contributed by atoms with Gasteiger partial charge in [-0.3, -0.25) is 9.36 Å². The van der Waals surface area contributed by atoms with Crippen molar-refractivity contribution in [1.82, 2.24) is 19.2 Å². The first-order chi connectivity index (χ1) is 13.3. The molecule has 0 fully saturated rings. The Morgan fingerprint density at radius 1 is 1.25 bits per heavy atom. The zero-order valence-electron chi connectivity index (χ0n) is 17.5. The van der Waals surface area contributed by atoms with E-state index >= 15 is 0 Å². The number of nitrogens with zero attached hydrogens (tertiary/aromatic N) is 4. The van der Waals surface area contributed by atoms with E-state index in [1.807, 2.05) is 7.05 Å². The smallest absolute Gasteiger partial charge is 0.263 e. The van der Waals surface area contributed by atoms with E-state index in [2.05, 4.69) is 42.3 Å². The van der Waals surface area contributed by atoms with E-state index < -0.39 is 0 Å². The lowest BCUT2D eigenvalue weighted by atomic mass is 9.72.